The first kappa shape index (κ1) is 13.5. The van der Waals surface area contributed by atoms with Crippen LogP contribution in [0.4, 0.5) is 0 Å². The molecule has 0 radical (unpaired) electrons. The van der Waals surface area contributed by atoms with Crippen LogP contribution in [0.1, 0.15) is 28.4 Å². The normalized spacial score (nSPS) is 10.8. The highest BCUT2D eigenvalue weighted by molar-refractivity contribution is 5.94. The molecule has 0 aliphatic rings. The molecule has 0 aliphatic heterocycles. The van der Waals surface area contributed by atoms with Gasteiger partial charge in [0.25, 0.3) is 0 Å². The molecule has 0 amide bonds. The molecule has 0 spiro atoms. The Hall–Kier alpha value is -2.48. The maximum atomic E-state index is 11.5. The zero-order chi connectivity index (χ0) is 14.8. The lowest BCUT2D eigenvalue weighted by Gasteiger charge is -2.11. The summed E-state index contributed by atoms with van der Waals surface area (Å²) in [7, 11) is 0. The molecule has 0 bridgehead atoms. The summed E-state index contributed by atoms with van der Waals surface area (Å²) in [5.74, 6) is 0. The third kappa shape index (κ3) is 2.33. The standard InChI is InChI=1S/C19H17NO/c1-3-14-8-4-5-10-17(14)19-16(12-21)11-15-9-6-7-13(2)18(15)20-19/h4-12H,3H2,1-2H3. The number of aromatic nitrogens is 1. The molecule has 0 unspecified atom stereocenters. The summed E-state index contributed by atoms with van der Waals surface area (Å²) < 4.78 is 0. The molecule has 0 fully saturated rings. The topological polar surface area (TPSA) is 30.0 Å². The van der Waals surface area contributed by atoms with Crippen molar-refractivity contribution in [1.82, 2.24) is 4.98 Å². The Balaban J connectivity index is 2.35. The van der Waals surface area contributed by atoms with Crippen molar-refractivity contribution < 1.29 is 4.79 Å². The molecule has 0 saturated heterocycles. The summed E-state index contributed by atoms with van der Waals surface area (Å²) in [6.07, 6.45) is 1.82. The van der Waals surface area contributed by atoms with Crippen LogP contribution >= 0.6 is 0 Å². The third-order valence-corrected chi connectivity index (χ3v) is 3.86. The predicted molar refractivity (Wildman–Crippen MR) is 86.7 cm³/mol. The van der Waals surface area contributed by atoms with Crippen LogP contribution < -0.4 is 0 Å². The van der Waals surface area contributed by atoms with Crippen LogP contribution in [0.5, 0.6) is 0 Å². The zero-order valence-corrected chi connectivity index (χ0v) is 12.3. The highest BCUT2D eigenvalue weighted by Crippen LogP contribution is 2.28. The smallest absolute Gasteiger partial charge is 0.152 e. The SMILES string of the molecule is CCc1ccccc1-c1nc2c(C)cccc2cc1C=O. The van der Waals surface area contributed by atoms with Gasteiger partial charge in [-0.3, -0.25) is 4.79 Å². The van der Waals surface area contributed by atoms with Crippen LogP contribution in [-0.4, -0.2) is 11.3 Å². The molecular formula is C19H17NO. The van der Waals surface area contributed by atoms with Gasteiger partial charge >= 0.3 is 0 Å². The molecule has 3 rings (SSSR count). The number of fused-ring (bicyclic) bond motifs is 1. The van der Waals surface area contributed by atoms with Crippen LogP contribution in [0.3, 0.4) is 0 Å². The van der Waals surface area contributed by atoms with Crippen molar-refractivity contribution in [2.75, 3.05) is 0 Å². The molecule has 0 atom stereocenters. The fourth-order valence-electron chi connectivity index (χ4n) is 2.73. The molecule has 1 aromatic heterocycles. The molecule has 0 saturated carbocycles. The van der Waals surface area contributed by atoms with Gasteiger partial charge in [0, 0.05) is 16.5 Å². The number of nitrogens with zero attached hydrogens (tertiary/aromatic N) is 1. The first-order valence-electron chi connectivity index (χ1n) is 7.18. The van der Waals surface area contributed by atoms with Crippen LogP contribution in [0, 0.1) is 6.92 Å². The van der Waals surface area contributed by atoms with E-state index >= 15 is 0 Å². The highest BCUT2D eigenvalue weighted by atomic mass is 16.1. The van der Waals surface area contributed by atoms with E-state index in [-0.39, 0.29) is 0 Å². The lowest BCUT2D eigenvalue weighted by atomic mass is 9.97. The number of aryl methyl sites for hydroxylation is 2. The molecule has 2 heteroatoms. The first-order valence-corrected chi connectivity index (χ1v) is 7.18. The van der Waals surface area contributed by atoms with Gasteiger partial charge in [0.1, 0.15) is 0 Å². The maximum absolute atomic E-state index is 11.5. The summed E-state index contributed by atoms with van der Waals surface area (Å²) in [5.41, 5.74) is 5.77. The van der Waals surface area contributed by atoms with Crippen molar-refractivity contribution in [3.05, 3.63) is 65.2 Å². The second kappa shape index (κ2) is 5.49. The molecule has 2 aromatic carbocycles. The summed E-state index contributed by atoms with van der Waals surface area (Å²) in [4.78, 5) is 16.3. The van der Waals surface area contributed by atoms with Gasteiger partial charge in [0.2, 0.25) is 0 Å². The van der Waals surface area contributed by atoms with E-state index in [4.69, 9.17) is 4.98 Å². The van der Waals surface area contributed by atoms with Crippen LogP contribution in [-0.2, 0) is 6.42 Å². The van der Waals surface area contributed by atoms with E-state index in [1.807, 2.05) is 49.4 Å². The number of para-hydroxylation sites is 1. The largest absolute Gasteiger partial charge is 0.298 e. The van der Waals surface area contributed by atoms with Gasteiger partial charge in [-0.2, -0.15) is 0 Å². The van der Waals surface area contributed by atoms with Gasteiger partial charge < -0.3 is 0 Å². The van der Waals surface area contributed by atoms with Crippen LogP contribution in [0.25, 0.3) is 22.2 Å². The molecular weight excluding hydrogens is 258 g/mol. The van der Waals surface area contributed by atoms with Gasteiger partial charge in [-0.05, 0) is 30.5 Å². The predicted octanol–water partition coefficient (Wildman–Crippen LogP) is 4.59. The number of benzene rings is 2. The number of carbonyl (C=O) groups excluding carboxylic acids is 1. The molecule has 21 heavy (non-hydrogen) atoms. The molecule has 1 heterocycles. The number of rotatable bonds is 3. The van der Waals surface area contributed by atoms with Crippen molar-refractivity contribution in [1.29, 1.82) is 0 Å². The van der Waals surface area contributed by atoms with Crippen molar-refractivity contribution in [2.45, 2.75) is 20.3 Å². The van der Waals surface area contributed by atoms with Gasteiger partial charge in [-0.25, -0.2) is 4.98 Å². The average molecular weight is 275 g/mol. The second-order valence-corrected chi connectivity index (χ2v) is 5.20. The van der Waals surface area contributed by atoms with E-state index in [1.165, 1.54) is 5.56 Å². The van der Waals surface area contributed by atoms with Crippen LogP contribution in [0.2, 0.25) is 0 Å². The maximum Gasteiger partial charge on any atom is 0.152 e. The molecule has 3 aromatic rings. The van der Waals surface area contributed by atoms with Gasteiger partial charge in [0.05, 0.1) is 11.2 Å². The summed E-state index contributed by atoms with van der Waals surface area (Å²) in [5, 5.41) is 1.01. The van der Waals surface area contributed by atoms with E-state index in [1.54, 1.807) is 0 Å². The van der Waals surface area contributed by atoms with E-state index in [2.05, 4.69) is 13.0 Å². The Kier molecular flexibility index (Phi) is 3.53. The minimum atomic E-state index is 0.647. The Bertz CT molecular complexity index is 821. The Morgan fingerprint density at radius 1 is 1.10 bits per heavy atom. The Labute approximate surface area is 124 Å². The lowest BCUT2D eigenvalue weighted by Crippen LogP contribution is -1.97. The number of carbonyl (C=O) groups is 1. The third-order valence-electron chi connectivity index (χ3n) is 3.86. The zero-order valence-electron chi connectivity index (χ0n) is 12.3. The number of aldehydes is 1. The first-order chi connectivity index (χ1) is 10.2. The molecule has 2 nitrogen and oxygen atoms in total. The number of pyridine rings is 1. The van der Waals surface area contributed by atoms with Gasteiger partial charge in [0.15, 0.2) is 6.29 Å². The van der Waals surface area contributed by atoms with E-state index in [0.29, 0.717) is 5.56 Å². The van der Waals surface area contributed by atoms with E-state index in [9.17, 15) is 4.79 Å². The van der Waals surface area contributed by atoms with Gasteiger partial charge in [-0.1, -0.05) is 49.4 Å². The number of hydrogen-bond acceptors (Lipinski definition) is 2. The fraction of sp³-hybridized carbons (Fsp3) is 0.158. The van der Waals surface area contributed by atoms with E-state index < -0.39 is 0 Å². The summed E-state index contributed by atoms with van der Waals surface area (Å²) in [6.45, 7) is 4.16. The summed E-state index contributed by atoms with van der Waals surface area (Å²) >= 11 is 0. The number of hydrogen-bond donors (Lipinski definition) is 0. The molecule has 104 valence electrons. The fourth-order valence-corrected chi connectivity index (χ4v) is 2.73. The Morgan fingerprint density at radius 2 is 1.90 bits per heavy atom. The Morgan fingerprint density at radius 3 is 2.67 bits per heavy atom. The quantitative estimate of drug-likeness (QED) is 0.655. The summed E-state index contributed by atoms with van der Waals surface area (Å²) in [6, 6.07) is 16.1. The van der Waals surface area contributed by atoms with Crippen molar-refractivity contribution >= 4 is 17.2 Å². The second-order valence-electron chi connectivity index (χ2n) is 5.20. The van der Waals surface area contributed by atoms with Crippen molar-refractivity contribution in [2.24, 2.45) is 0 Å². The van der Waals surface area contributed by atoms with E-state index in [0.717, 1.165) is 40.4 Å². The van der Waals surface area contributed by atoms with Gasteiger partial charge in [-0.15, -0.1) is 0 Å². The highest BCUT2D eigenvalue weighted by Gasteiger charge is 2.12. The van der Waals surface area contributed by atoms with Crippen molar-refractivity contribution in [3.63, 3.8) is 0 Å². The minimum Gasteiger partial charge on any atom is -0.298 e. The molecule has 0 aliphatic carbocycles. The monoisotopic (exact) mass is 275 g/mol. The average Bonchev–Trinajstić information content (AvgIpc) is 2.54. The molecule has 0 N–H and O–H groups in total. The van der Waals surface area contributed by atoms with Crippen LogP contribution in [0.15, 0.2) is 48.5 Å². The minimum absolute atomic E-state index is 0.647. The lowest BCUT2D eigenvalue weighted by molar-refractivity contribution is 0.112. The van der Waals surface area contributed by atoms with Crippen molar-refractivity contribution in [3.8, 4) is 11.3 Å².